The van der Waals surface area contributed by atoms with Gasteiger partial charge in [-0.1, -0.05) is 243 Å². The van der Waals surface area contributed by atoms with Crippen LogP contribution in [0.5, 0.6) is 0 Å². The normalized spacial score (nSPS) is 24.8. The molecule has 10 rings (SSSR count). The first-order valence-corrected chi connectivity index (χ1v) is 30.8. The van der Waals surface area contributed by atoms with E-state index >= 15 is 53.7 Å². The molecule has 0 aromatic heterocycles. The lowest BCUT2D eigenvalue weighted by atomic mass is 9.47. The highest BCUT2D eigenvalue weighted by molar-refractivity contribution is 6.23. The average molecular weight is 1290 g/mol. The molecular formula is C76H70O19. The van der Waals surface area contributed by atoms with E-state index in [1.807, 2.05) is 0 Å². The molecule has 0 saturated carbocycles. The Bertz CT molecular complexity index is 3980. The third-order valence-corrected chi connectivity index (χ3v) is 17.7. The van der Waals surface area contributed by atoms with Crippen molar-refractivity contribution in [3.8, 4) is 0 Å². The van der Waals surface area contributed by atoms with E-state index in [4.69, 9.17) is 18.9 Å². The van der Waals surface area contributed by atoms with Gasteiger partial charge in [0.15, 0.2) is 40.5 Å². The summed E-state index contributed by atoms with van der Waals surface area (Å²) in [6.45, 7) is -3.04. The van der Waals surface area contributed by atoms with Crippen LogP contribution in [0.4, 0.5) is 0 Å². The first-order valence-electron chi connectivity index (χ1n) is 30.8. The summed E-state index contributed by atoms with van der Waals surface area (Å²) in [7, 11) is 0. The Balaban J connectivity index is 1.51. The molecular weight excluding hydrogens is 1220 g/mol. The number of ketones is 7. The average Bonchev–Trinajstić information content (AvgIpc) is 0.761. The number of aliphatic hydroxyl groups excluding tert-OH is 4. The smallest absolute Gasteiger partial charge is 0.311 e. The predicted molar refractivity (Wildman–Crippen MR) is 341 cm³/mol. The number of benzene rings is 8. The van der Waals surface area contributed by atoms with Crippen LogP contribution >= 0.6 is 0 Å². The third-order valence-electron chi connectivity index (χ3n) is 17.7. The summed E-state index contributed by atoms with van der Waals surface area (Å²) in [4.78, 5) is 138. The van der Waals surface area contributed by atoms with E-state index in [9.17, 15) is 20.4 Å². The minimum atomic E-state index is -5.06. The number of aliphatic hydroxyl groups is 7. The largest absolute Gasteiger partial charge is 0.443 e. The molecule has 95 heavy (non-hydrogen) atoms. The Morgan fingerprint density at radius 1 is 0.400 bits per heavy atom. The number of ether oxygens (including phenoxy) is 4. The highest BCUT2D eigenvalue weighted by Crippen LogP contribution is 2.64. The van der Waals surface area contributed by atoms with Gasteiger partial charge in [-0.05, 0) is 44.5 Å². The summed E-state index contributed by atoms with van der Waals surface area (Å²) in [6.07, 6.45) is -17.0. The summed E-state index contributed by atoms with van der Waals surface area (Å²) >= 11 is 0. The second-order valence-electron chi connectivity index (χ2n) is 23.8. The summed E-state index contributed by atoms with van der Waals surface area (Å²) in [6, 6.07) is 57.1. The van der Waals surface area contributed by atoms with E-state index < -0.39 is 169 Å². The van der Waals surface area contributed by atoms with Crippen molar-refractivity contribution in [3.63, 3.8) is 0 Å². The number of hydrogen-bond donors (Lipinski definition) is 7. The molecule has 2 saturated heterocycles. The van der Waals surface area contributed by atoms with Crippen molar-refractivity contribution in [3.05, 3.63) is 287 Å². The molecule has 8 aromatic rings. The molecule has 19 heteroatoms. The molecule has 2 aliphatic heterocycles. The van der Waals surface area contributed by atoms with Crippen molar-refractivity contribution in [2.75, 3.05) is 13.2 Å². The van der Waals surface area contributed by atoms with Crippen LogP contribution in [0, 0.1) is 0 Å². The van der Waals surface area contributed by atoms with Gasteiger partial charge < -0.3 is 54.7 Å². The van der Waals surface area contributed by atoms with Crippen LogP contribution in [0.15, 0.2) is 243 Å². The zero-order chi connectivity index (χ0) is 67.7. The standard InChI is InChI=1S/C76H70O19/c77-49-59-68(87)69(88)70(50-78,92-59)94-76(66(85)47-57-37-21-7-22-38-57)73(91,63(82)44-54-31-15-4-16-32-54)72(90,62(81)43-53-29-13-3-14-30-53)75(65(84)46-56-35-19-6-20-36-56,93-67(86)48-58-39-23-8-24-40-58)74(95-76,64(83)45-55-33-17-5-18-34-55)71(89,60(79)41-51-25-9-1-10-26-51)61(80)42-52-27-11-2-12-28-52/h1-40,59,68-69,77-78,87-91H,41-50H2/t59-,68-,69+,70?,72-,73-,74-,75+,76-/m1/s1. The van der Waals surface area contributed by atoms with Gasteiger partial charge in [-0.25, -0.2) is 0 Å². The molecule has 488 valence electrons. The number of hydrogen-bond acceptors (Lipinski definition) is 19. The van der Waals surface area contributed by atoms with Gasteiger partial charge in [0.25, 0.3) is 5.79 Å². The van der Waals surface area contributed by atoms with E-state index in [1.54, 1.807) is 18.2 Å². The van der Waals surface area contributed by atoms with E-state index in [1.165, 1.54) is 224 Å². The fourth-order valence-electron chi connectivity index (χ4n) is 13.0. The SMILES string of the molecule is O=C(Cc1ccccc1)O[C@@]1(C(=O)Cc2ccccc2)[C@@](O)(C(=O)Cc2ccccc2)[C@](O)(C(=O)Cc2ccccc2)[C@@](OC2(CO)O[C@H](CO)[C@@H](O)[C@@H]2O)(C(=O)Cc2ccccc2)O[C@]1(C(=O)Cc1ccccc1)C(O)(C(=O)Cc1ccccc1)C(=O)Cc1ccccc1. The van der Waals surface area contributed by atoms with E-state index in [-0.39, 0.29) is 44.5 Å². The van der Waals surface area contributed by atoms with Crippen LogP contribution in [0.1, 0.15) is 44.5 Å². The Morgan fingerprint density at radius 3 is 1.04 bits per heavy atom. The molecule has 0 bridgehead atoms. The zero-order valence-corrected chi connectivity index (χ0v) is 51.4. The fraction of sp³-hybridized carbons (Fsp3) is 0.263. The maximum Gasteiger partial charge on any atom is 0.311 e. The number of rotatable bonds is 29. The maximum absolute atomic E-state index is 17.9. The Morgan fingerprint density at radius 2 is 0.705 bits per heavy atom. The molecule has 0 amide bonds. The third kappa shape index (κ3) is 12.5. The molecule has 1 unspecified atom stereocenters. The topological polar surface area (TPSA) is 315 Å². The van der Waals surface area contributed by atoms with Crippen LogP contribution in [-0.2, 0) is 109 Å². The lowest BCUT2D eigenvalue weighted by molar-refractivity contribution is -0.466. The van der Waals surface area contributed by atoms with Crippen LogP contribution in [0.25, 0.3) is 0 Å². The number of esters is 1. The van der Waals surface area contributed by atoms with Gasteiger partial charge in [0.2, 0.25) is 33.8 Å². The molecule has 19 nitrogen and oxygen atoms in total. The lowest BCUT2D eigenvalue weighted by Crippen LogP contribution is -3.00. The second-order valence-corrected chi connectivity index (χ2v) is 23.8. The molecule has 2 heterocycles. The zero-order valence-electron chi connectivity index (χ0n) is 51.4. The Labute approximate surface area is 546 Å². The van der Waals surface area contributed by atoms with Crippen molar-refractivity contribution in [1.29, 1.82) is 0 Å². The van der Waals surface area contributed by atoms with Crippen LogP contribution < -0.4 is 0 Å². The molecule has 9 atom stereocenters. The second kappa shape index (κ2) is 28.6. The van der Waals surface area contributed by atoms with Gasteiger partial charge in [0.05, 0.1) is 13.0 Å². The summed E-state index contributed by atoms with van der Waals surface area (Å²) in [5.74, 6) is -23.6. The molecule has 0 aliphatic carbocycles. The minimum Gasteiger partial charge on any atom is -0.443 e. The number of Topliss-reactive ketones (excluding diaryl/α,β-unsaturated/α-hetero) is 7. The predicted octanol–water partition coefficient (Wildman–Crippen LogP) is 4.67. The quantitative estimate of drug-likeness (QED) is 0.0247. The van der Waals surface area contributed by atoms with Gasteiger partial charge in [0.1, 0.15) is 24.9 Å². The monoisotopic (exact) mass is 1290 g/mol. The summed E-state index contributed by atoms with van der Waals surface area (Å²) in [5, 5.41) is 93.3. The van der Waals surface area contributed by atoms with Gasteiger partial charge in [0, 0.05) is 44.9 Å². The van der Waals surface area contributed by atoms with Crippen LogP contribution in [0.2, 0.25) is 0 Å². The van der Waals surface area contributed by atoms with Gasteiger partial charge in [-0.3, -0.25) is 38.4 Å². The van der Waals surface area contributed by atoms with E-state index in [0.717, 1.165) is 0 Å². The minimum absolute atomic E-state index is 0.0226. The molecule has 7 N–H and O–H groups in total. The Hall–Kier alpha value is -9.48. The van der Waals surface area contributed by atoms with Gasteiger partial charge >= 0.3 is 5.97 Å². The molecule has 8 aromatic carbocycles. The highest BCUT2D eigenvalue weighted by Gasteiger charge is 2.97. The van der Waals surface area contributed by atoms with Crippen molar-refractivity contribution in [1.82, 2.24) is 0 Å². The van der Waals surface area contributed by atoms with Crippen molar-refractivity contribution in [2.45, 2.75) is 109 Å². The fourth-order valence-corrected chi connectivity index (χ4v) is 13.0. The van der Waals surface area contributed by atoms with Gasteiger partial charge in [-0.15, -0.1) is 0 Å². The van der Waals surface area contributed by atoms with Crippen LogP contribution in [-0.4, -0.2) is 153 Å². The lowest BCUT2D eigenvalue weighted by Gasteiger charge is -2.68. The maximum atomic E-state index is 17.9. The molecule has 2 fully saturated rings. The van der Waals surface area contributed by atoms with Crippen LogP contribution in [0.3, 0.4) is 0 Å². The summed E-state index contributed by atoms with van der Waals surface area (Å²) < 4.78 is 26.8. The first kappa shape index (κ1) is 68.4. The number of carbonyl (C=O) groups excluding carboxylic acids is 8. The van der Waals surface area contributed by atoms with E-state index in [2.05, 4.69) is 0 Å². The van der Waals surface area contributed by atoms with Crippen molar-refractivity contribution >= 4 is 46.5 Å². The van der Waals surface area contributed by atoms with Crippen molar-refractivity contribution in [2.24, 2.45) is 0 Å². The van der Waals surface area contributed by atoms with Gasteiger partial charge in [-0.2, -0.15) is 0 Å². The highest BCUT2D eigenvalue weighted by atomic mass is 16.8. The summed E-state index contributed by atoms with van der Waals surface area (Å²) in [5.41, 5.74) is -24.8. The number of carbonyl (C=O) groups is 8. The Kier molecular flexibility index (Phi) is 20.6. The molecule has 0 spiro atoms. The molecule has 2 aliphatic rings. The van der Waals surface area contributed by atoms with Crippen molar-refractivity contribution < 1.29 is 93.0 Å². The molecule has 0 radical (unpaired) electrons. The van der Waals surface area contributed by atoms with E-state index in [0.29, 0.717) is 0 Å². The first-order chi connectivity index (χ1) is 45.7.